The lowest BCUT2D eigenvalue weighted by atomic mass is 10.1. The van der Waals surface area contributed by atoms with Crippen molar-refractivity contribution in [3.8, 4) is 0 Å². The van der Waals surface area contributed by atoms with Crippen LogP contribution in [-0.4, -0.2) is 21.1 Å². The van der Waals surface area contributed by atoms with Crippen LogP contribution in [0.15, 0.2) is 4.79 Å². The monoisotopic (exact) mass is 271 g/mol. The van der Waals surface area contributed by atoms with Crippen molar-refractivity contribution in [3.05, 3.63) is 21.1 Å². The van der Waals surface area contributed by atoms with Crippen LogP contribution in [0.25, 0.3) is 10.2 Å². The summed E-state index contributed by atoms with van der Waals surface area (Å²) in [6.45, 7) is 3.84. The number of aromatic amines is 1. The Bertz CT molecular complexity index is 676. The fraction of sp³-hybridized carbons (Fsp3) is 0.545. The highest BCUT2D eigenvalue weighted by molar-refractivity contribution is 7.18. The lowest BCUT2D eigenvalue weighted by molar-refractivity contribution is 0.112. The SMILES string of the molecule is CC(C)c1n[nH]c(=O)c2sc(C3CC3(F)F)nc12. The number of nitrogens with one attached hydrogen (secondary N) is 1. The fourth-order valence-electron chi connectivity index (χ4n) is 1.91. The van der Waals surface area contributed by atoms with Crippen molar-refractivity contribution >= 4 is 21.6 Å². The highest BCUT2D eigenvalue weighted by atomic mass is 32.1. The van der Waals surface area contributed by atoms with Gasteiger partial charge in [0.15, 0.2) is 0 Å². The number of rotatable bonds is 2. The van der Waals surface area contributed by atoms with E-state index in [1.165, 1.54) is 0 Å². The summed E-state index contributed by atoms with van der Waals surface area (Å²) in [4.78, 5) is 15.8. The Morgan fingerprint density at radius 2 is 2.17 bits per heavy atom. The lowest BCUT2D eigenvalue weighted by Gasteiger charge is -2.02. The number of nitrogens with zero attached hydrogens (tertiary/aromatic N) is 2. The zero-order chi connectivity index (χ0) is 13.1. The Morgan fingerprint density at radius 1 is 1.50 bits per heavy atom. The van der Waals surface area contributed by atoms with Gasteiger partial charge in [-0.2, -0.15) is 5.10 Å². The van der Waals surface area contributed by atoms with Crippen LogP contribution in [0.2, 0.25) is 0 Å². The van der Waals surface area contributed by atoms with Crippen molar-refractivity contribution in [1.82, 2.24) is 15.2 Å². The Balaban J connectivity index is 2.19. The van der Waals surface area contributed by atoms with Gasteiger partial charge in [0, 0.05) is 6.42 Å². The van der Waals surface area contributed by atoms with Crippen molar-refractivity contribution in [2.24, 2.45) is 0 Å². The Labute approximate surface area is 105 Å². The third-order valence-corrected chi connectivity index (χ3v) is 4.21. The molecule has 1 fully saturated rings. The van der Waals surface area contributed by atoms with E-state index < -0.39 is 11.8 Å². The van der Waals surface area contributed by atoms with Crippen molar-refractivity contribution < 1.29 is 8.78 Å². The molecule has 1 unspecified atom stereocenters. The van der Waals surface area contributed by atoms with Crippen LogP contribution < -0.4 is 5.56 Å². The maximum Gasteiger partial charge on any atom is 0.283 e. The second-order valence-electron chi connectivity index (χ2n) is 4.84. The summed E-state index contributed by atoms with van der Waals surface area (Å²) in [6, 6.07) is 0. The Hall–Kier alpha value is -1.37. The number of thiazole rings is 1. The molecule has 0 bridgehead atoms. The number of aromatic nitrogens is 3. The molecule has 7 heteroatoms. The third kappa shape index (κ3) is 1.65. The molecular weight excluding hydrogens is 260 g/mol. The molecule has 2 aromatic rings. The van der Waals surface area contributed by atoms with Crippen LogP contribution in [-0.2, 0) is 0 Å². The Kier molecular flexibility index (Phi) is 2.32. The largest absolute Gasteiger partial charge is 0.283 e. The van der Waals surface area contributed by atoms with Gasteiger partial charge in [-0.05, 0) is 5.92 Å². The molecule has 0 amide bonds. The minimum Gasteiger partial charge on any atom is -0.266 e. The van der Waals surface area contributed by atoms with Gasteiger partial charge in [-0.1, -0.05) is 13.8 Å². The summed E-state index contributed by atoms with van der Waals surface area (Å²) in [5, 5.41) is 6.69. The molecule has 18 heavy (non-hydrogen) atoms. The van der Waals surface area contributed by atoms with Gasteiger partial charge in [0.05, 0.1) is 11.6 Å². The van der Waals surface area contributed by atoms with Crippen molar-refractivity contribution in [2.45, 2.75) is 38.0 Å². The molecule has 1 aliphatic rings. The first-order valence-electron chi connectivity index (χ1n) is 5.67. The molecule has 2 heterocycles. The van der Waals surface area contributed by atoms with Crippen LogP contribution in [0.1, 0.15) is 42.8 Å². The molecule has 0 radical (unpaired) electrons. The average molecular weight is 271 g/mol. The molecule has 0 spiro atoms. The van der Waals surface area contributed by atoms with Gasteiger partial charge in [0.2, 0.25) is 0 Å². The van der Waals surface area contributed by atoms with Gasteiger partial charge in [-0.3, -0.25) is 4.79 Å². The van der Waals surface area contributed by atoms with Crippen LogP contribution in [0.5, 0.6) is 0 Å². The van der Waals surface area contributed by atoms with Crippen LogP contribution in [0.4, 0.5) is 8.78 Å². The normalized spacial score (nSPS) is 21.7. The summed E-state index contributed by atoms with van der Waals surface area (Å²) in [7, 11) is 0. The standard InChI is InChI=1S/C11H11F2N3OS/c1-4(2)6-7-8(9(17)16-15-6)18-10(14-7)5-3-11(5,12)13/h4-5H,3H2,1-2H3,(H,16,17). The zero-order valence-electron chi connectivity index (χ0n) is 9.83. The van der Waals surface area contributed by atoms with Gasteiger partial charge in [-0.25, -0.2) is 18.9 Å². The van der Waals surface area contributed by atoms with Gasteiger partial charge >= 0.3 is 0 Å². The number of alkyl halides is 2. The second kappa shape index (κ2) is 3.57. The number of hydrogen-bond donors (Lipinski definition) is 1. The molecule has 0 aliphatic heterocycles. The smallest absolute Gasteiger partial charge is 0.266 e. The number of H-pyrrole nitrogens is 1. The third-order valence-electron chi connectivity index (χ3n) is 3.04. The molecular formula is C11H11F2N3OS. The average Bonchev–Trinajstić information content (AvgIpc) is 2.74. The molecule has 0 aromatic carbocycles. The lowest BCUT2D eigenvalue weighted by Crippen LogP contribution is -2.10. The number of halogens is 2. The minimum absolute atomic E-state index is 0.0824. The summed E-state index contributed by atoms with van der Waals surface area (Å²) >= 11 is 1.05. The van der Waals surface area contributed by atoms with Crippen molar-refractivity contribution in [1.29, 1.82) is 0 Å². The van der Waals surface area contributed by atoms with Crippen LogP contribution >= 0.6 is 11.3 Å². The number of fused-ring (bicyclic) bond motifs is 1. The molecule has 4 nitrogen and oxygen atoms in total. The van der Waals surface area contributed by atoms with E-state index >= 15 is 0 Å². The topological polar surface area (TPSA) is 58.6 Å². The molecule has 2 aromatic heterocycles. The molecule has 96 valence electrons. The first-order valence-corrected chi connectivity index (χ1v) is 6.48. The van der Waals surface area contributed by atoms with E-state index in [9.17, 15) is 13.6 Å². The van der Waals surface area contributed by atoms with Crippen molar-refractivity contribution in [2.75, 3.05) is 0 Å². The van der Waals surface area contributed by atoms with E-state index in [-0.39, 0.29) is 17.9 Å². The second-order valence-corrected chi connectivity index (χ2v) is 5.87. The van der Waals surface area contributed by atoms with Gasteiger partial charge < -0.3 is 0 Å². The van der Waals surface area contributed by atoms with E-state index in [1.807, 2.05) is 13.8 Å². The molecule has 1 saturated carbocycles. The fourth-order valence-corrected chi connectivity index (χ4v) is 3.04. The summed E-state index contributed by atoms with van der Waals surface area (Å²) in [5.41, 5.74) is 0.759. The molecule has 1 aliphatic carbocycles. The van der Waals surface area contributed by atoms with E-state index in [4.69, 9.17) is 0 Å². The summed E-state index contributed by atoms with van der Waals surface area (Å²) in [5.74, 6) is -3.40. The van der Waals surface area contributed by atoms with Crippen LogP contribution in [0, 0.1) is 0 Å². The predicted octanol–water partition coefficient (Wildman–Crippen LogP) is 2.63. The van der Waals surface area contributed by atoms with Crippen molar-refractivity contribution in [3.63, 3.8) is 0 Å². The van der Waals surface area contributed by atoms with E-state index in [0.29, 0.717) is 20.9 Å². The molecule has 3 rings (SSSR count). The highest BCUT2D eigenvalue weighted by Gasteiger charge is 2.59. The Morgan fingerprint density at radius 3 is 2.72 bits per heavy atom. The van der Waals surface area contributed by atoms with E-state index in [0.717, 1.165) is 11.3 Å². The molecule has 0 saturated heterocycles. The summed E-state index contributed by atoms with van der Waals surface area (Å²) < 4.78 is 26.5. The molecule has 1 atom stereocenters. The van der Waals surface area contributed by atoms with Gasteiger partial charge in [0.1, 0.15) is 15.2 Å². The summed E-state index contributed by atoms with van der Waals surface area (Å²) in [6.07, 6.45) is -0.171. The van der Waals surface area contributed by atoms with Crippen LogP contribution in [0.3, 0.4) is 0 Å². The first-order chi connectivity index (χ1) is 8.40. The number of hydrogen-bond acceptors (Lipinski definition) is 4. The van der Waals surface area contributed by atoms with Gasteiger partial charge in [-0.15, -0.1) is 11.3 Å². The van der Waals surface area contributed by atoms with E-state index in [1.54, 1.807) is 0 Å². The molecule has 1 N–H and O–H groups in total. The minimum atomic E-state index is -2.66. The quantitative estimate of drug-likeness (QED) is 0.913. The highest BCUT2D eigenvalue weighted by Crippen LogP contribution is 2.56. The predicted molar refractivity (Wildman–Crippen MR) is 64.4 cm³/mol. The first kappa shape index (κ1) is 11.7. The maximum atomic E-state index is 13.0. The zero-order valence-corrected chi connectivity index (χ0v) is 10.6. The van der Waals surface area contributed by atoms with Gasteiger partial charge in [0.25, 0.3) is 11.5 Å². The van der Waals surface area contributed by atoms with E-state index in [2.05, 4.69) is 15.2 Å². The maximum absolute atomic E-state index is 13.0.